The summed E-state index contributed by atoms with van der Waals surface area (Å²) in [6.07, 6.45) is 9.78. The van der Waals surface area contributed by atoms with Gasteiger partial charge in [0.25, 0.3) is 0 Å². The molecule has 0 radical (unpaired) electrons. The van der Waals surface area contributed by atoms with Crippen molar-refractivity contribution in [1.82, 2.24) is 14.9 Å². The molecule has 0 fully saturated rings. The van der Waals surface area contributed by atoms with Crippen LogP contribution in [0.15, 0.2) is 12.5 Å². The topological polar surface area (TPSA) is 29.9 Å². The summed E-state index contributed by atoms with van der Waals surface area (Å²) in [5.41, 5.74) is 1.20. The third-order valence-corrected chi connectivity index (χ3v) is 2.36. The van der Waals surface area contributed by atoms with Gasteiger partial charge in [0.15, 0.2) is 0 Å². The van der Waals surface area contributed by atoms with Crippen LogP contribution in [0.1, 0.15) is 38.9 Å². The Kier molecular flexibility index (Phi) is 4.38. The Balaban J connectivity index is 2.51. The quantitative estimate of drug-likeness (QED) is 0.745. The normalized spacial score (nSPS) is 12.7. The molecule has 1 heterocycles. The van der Waals surface area contributed by atoms with E-state index in [0.717, 1.165) is 13.0 Å². The van der Waals surface area contributed by atoms with Gasteiger partial charge in [0.05, 0.1) is 12.0 Å². The standard InChI is InChI=1S/C12H19N3/c1-5-6-11(4)14-8-12-7-13-9-15(12)10(2)3/h1,7,9-11,14H,6,8H2,2-4H3. The Labute approximate surface area is 91.9 Å². The van der Waals surface area contributed by atoms with Crippen molar-refractivity contribution in [1.29, 1.82) is 0 Å². The second kappa shape index (κ2) is 5.57. The number of rotatable bonds is 5. The first-order chi connectivity index (χ1) is 7.15. The van der Waals surface area contributed by atoms with E-state index in [1.807, 2.05) is 12.5 Å². The predicted octanol–water partition coefficient (Wildman–Crippen LogP) is 1.97. The summed E-state index contributed by atoms with van der Waals surface area (Å²) in [4.78, 5) is 4.15. The van der Waals surface area contributed by atoms with Gasteiger partial charge in [0.1, 0.15) is 0 Å². The van der Waals surface area contributed by atoms with Crippen molar-refractivity contribution in [3.05, 3.63) is 18.2 Å². The van der Waals surface area contributed by atoms with Crippen LogP contribution in [0.25, 0.3) is 0 Å². The zero-order valence-electron chi connectivity index (χ0n) is 9.70. The number of hydrogen-bond acceptors (Lipinski definition) is 2. The molecular weight excluding hydrogens is 186 g/mol. The van der Waals surface area contributed by atoms with Crippen LogP contribution in [0, 0.1) is 12.3 Å². The van der Waals surface area contributed by atoms with E-state index in [4.69, 9.17) is 6.42 Å². The summed E-state index contributed by atoms with van der Waals surface area (Å²) in [7, 11) is 0. The summed E-state index contributed by atoms with van der Waals surface area (Å²) in [5, 5.41) is 3.38. The molecular formula is C12H19N3. The van der Waals surface area contributed by atoms with E-state index in [-0.39, 0.29) is 0 Å². The van der Waals surface area contributed by atoms with Crippen LogP contribution in [0.5, 0.6) is 0 Å². The van der Waals surface area contributed by atoms with Crippen LogP contribution in [0.3, 0.4) is 0 Å². The Morgan fingerprint density at radius 1 is 1.53 bits per heavy atom. The Morgan fingerprint density at radius 3 is 2.87 bits per heavy atom. The molecule has 0 amide bonds. The van der Waals surface area contributed by atoms with Gasteiger partial charge in [-0.15, -0.1) is 12.3 Å². The first-order valence-corrected chi connectivity index (χ1v) is 5.32. The van der Waals surface area contributed by atoms with Crippen molar-refractivity contribution in [2.45, 2.75) is 45.8 Å². The summed E-state index contributed by atoms with van der Waals surface area (Å²) < 4.78 is 2.16. The number of hydrogen-bond donors (Lipinski definition) is 1. The van der Waals surface area contributed by atoms with E-state index in [1.165, 1.54) is 5.69 Å². The third-order valence-electron chi connectivity index (χ3n) is 2.36. The van der Waals surface area contributed by atoms with Gasteiger partial charge in [-0.2, -0.15) is 0 Å². The maximum Gasteiger partial charge on any atom is 0.0951 e. The van der Waals surface area contributed by atoms with Gasteiger partial charge in [-0.1, -0.05) is 0 Å². The van der Waals surface area contributed by atoms with E-state index in [9.17, 15) is 0 Å². The molecule has 0 bridgehead atoms. The van der Waals surface area contributed by atoms with Crippen LogP contribution in [0.4, 0.5) is 0 Å². The highest BCUT2D eigenvalue weighted by molar-refractivity contribution is 5.00. The average molecular weight is 205 g/mol. The van der Waals surface area contributed by atoms with Crippen LogP contribution in [-0.4, -0.2) is 15.6 Å². The first kappa shape index (κ1) is 11.8. The van der Waals surface area contributed by atoms with Crippen molar-refractivity contribution in [3.63, 3.8) is 0 Å². The number of terminal acetylenes is 1. The van der Waals surface area contributed by atoms with E-state index >= 15 is 0 Å². The van der Waals surface area contributed by atoms with Gasteiger partial charge in [-0.3, -0.25) is 0 Å². The molecule has 3 nitrogen and oxygen atoms in total. The lowest BCUT2D eigenvalue weighted by molar-refractivity contribution is 0.512. The zero-order chi connectivity index (χ0) is 11.3. The fraction of sp³-hybridized carbons (Fsp3) is 0.583. The molecule has 0 aliphatic carbocycles. The highest BCUT2D eigenvalue weighted by atomic mass is 15.1. The SMILES string of the molecule is C#CCC(C)NCc1cncn1C(C)C. The van der Waals surface area contributed by atoms with Gasteiger partial charge in [0, 0.05) is 31.2 Å². The molecule has 15 heavy (non-hydrogen) atoms. The van der Waals surface area contributed by atoms with Gasteiger partial charge in [-0.25, -0.2) is 4.98 Å². The largest absolute Gasteiger partial charge is 0.331 e. The fourth-order valence-corrected chi connectivity index (χ4v) is 1.46. The van der Waals surface area contributed by atoms with Crippen molar-refractivity contribution in [2.24, 2.45) is 0 Å². The second-order valence-electron chi connectivity index (χ2n) is 4.08. The molecule has 1 N–H and O–H groups in total. The minimum Gasteiger partial charge on any atom is -0.331 e. The number of nitrogens with one attached hydrogen (secondary N) is 1. The van der Waals surface area contributed by atoms with E-state index < -0.39 is 0 Å². The molecule has 3 heteroatoms. The van der Waals surface area contributed by atoms with Gasteiger partial charge in [0.2, 0.25) is 0 Å². The maximum atomic E-state index is 5.25. The summed E-state index contributed by atoms with van der Waals surface area (Å²) >= 11 is 0. The van der Waals surface area contributed by atoms with Crippen molar-refractivity contribution in [2.75, 3.05) is 0 Å². The zero-order valence-corrected chi connectivity index (χ0v) is 9.70. The van der Waals surface area contributed by atoms with Crippen LogP contribution < -0.4 is 5.32 Å². The molecule has 1 aromatic heterocycles. The summed E-state index contributed by atoms with van der Waals surface area (Å²) in [6.45, 7) is 7.21. The lowest BCUT2D eigenvalue weighted by Crippen LogP contribution is -2.26. The van der Waals surface area contributed by atoms with Gasteiger partial charge < -0.3 is 9.88 Å². The number of nitrogens with zero attached hydrogens (tertiary/aromatic N) is 2. The van der Waals surface area contributed by atoms with E-state index in [1.54, 1.807) is 0 Å². The summed E-state index contributed by atoms with van der Waals surface area (Å²) in [5.74, 6) is 2.65. The highest BCUT2D eigenvalue weighted by Gasteiger charge is 2.06. The van der Waals surface area contributed by atoms with E-state index in [0.29, 0.717) is 12.1 Å². The monoisotopic (exact) mass is 205 g/mol. The molecule has 0 saturated heterocycles. The summed E-state index contributed by atoms with van der Waals surface area (Å²) in [6, 6.07) is 0.803. The molecule has 0 aromatic carbocycles. The molecule has 1 atom stereocenters. The average Bonchev–Trinajstić information content (AvgIpc) is 2.63. The van der Waals surface area contributed by atoms with Gasteiger partial charge in [-0.05, 0) is 20.8 Å². The lowest BCUT2D eigenvalue weighted by atomic mass is 10.2. The molecule has 82 valence electrons. The van der Waals surface area contributed by atoms with Crippen LogP contribution in [-0.2, 0) is 6.54 Å². The maximum absolute atomic E-state index is 5.25. The van der Waals surface area contributed by atoms with Crippen LogP contribution in [0.2, 0.25) is 0 Å². The van der Waals surface area contributed by atoms with Crippen molar-refractivity contribution < 1.29 is 0 Å². The molecule has 1 unspecified atom stereocenters. The molecule has 0 aliphatic rings. The number of aromatic nitrogens is 2. The lowest BCUT2D eigenvalue weighted by Gasteiger charge is -2.14. The van der Waals surface area contributed by atoms with Crippen molar-refractivity contribution >= 4 is 0 Å². The molecule has 0 spiro atoms. The second-order valence-corrected chi connectivity index (χ2v) is 4.08. The van der Waals surface area contributed by atoms with E-state index in [2.05, 4.69) is 41.6 Å². The molecule has 0 saturated carbocycles. The van der Waals surface area contributed by atoms with Crippen LogP contribution >= 0.6 is 0 Å². The van der Waals surface area contributed by atoms with Gasteiger partial charge >= 0.3 is 0 Å². The predicted molar refractivity (Wildman–Crippen MR) is 62.4 cm³/mol. The molecule has 0 aliphatic heterocycles. The highest BCUT2D eigenvalue weighted by Crippen LogP contribution is 2.08. The fourth-order valence-electron chi connectivity index (χ4n) is 1.46. The minimum absolute atomic E-state index is 0.352. The Morgan fingerprint density at radius 2 is 2.27 bits per heavy atom. The third kappa shape index (κ3) is 3.41. The Hall–Kier alpha value is -1.27. The first-order valence-electron chi connectivity index (χ1n) is 5.32. The Bertz CT molecular complexity index is 333. The smallest absolute Gasteiger partial charge is 0.0951 e. The number of imidazole rings is 1. The molecule has 1 aromatic rings. The molecule has 1 rings (SSSR count). The van der Waals surface area contributed by atoms with Crippen molar-refractivity contribution in [3.8, 4) is 12.3 Å². The minimum atomic E-state index is 0.352.